The highest BCUT2D eigenvalue weighted by Crippen LogP contribution is 2.28. The maximum atomic E-state index is 13.2. The van der Waals surface area contributed by atoms with E-state index in [-0.39, 0.29) is 31.0 Å². The monoisotopic (exact) mass is 496 g/mol. The molecule has 0 aliphatic heterocycles. The number of ether oxygens (including phenoxy) is 3. The zero-order valence-corrected chi connectivity index (χ0v) is 21.0. The summed E-state index contributed by atoms with van der Waals surface area (Å²) in [5.41, 5.74) is 0.740. The number of carbonyl (C=O) groups is 2. The molecule has 0 aliphatic rings. The van der Waals surface area contributed by atoms with E-state index in [4.69, 9.17) is 37.4 Å². The Hall–Kier alpha value is -2.64. The zero-order valence-electron chi connectivity index (χ0n) is 19.5. The van der Waals surface area contributed by atoms with Gasteiger partial charge in [0.25, 0.3) is 5.91 Å². The summed E-state index contributed by atoms with van der Waals surface area (Å²) in [6.45, 7) is 5.45. The van der Waals surface area contributed by atoms with E-state index >= 15 is 0 Å². The van der Waals surface area contributed by atoms with Gasteiger partial charge in [-0.25, -0.2) is 0 Å². The molecular weight excluding hydrogens is 467 g/mol. The van der Waals surface area contributed by atoms with Gasteiger partial charge in [0, 0.05) is 30.8 Å². The molecule has 2 aromatic rings. The molecule has 0 spiro atoms. The Morgan fingerprint density at radius 3 is 2.12 bits per heavy atom. The second kappa shape index (κ2) is 12.6. The van der Waals surface area contributed by atoms with Gasteiger partial charge in [-0.3, -0.25) is 9.59 Å². The van der Waals surface area contributed by atoms with Crippen molar-refractivity contribution in [3.8, 4) is 17.2 Å². The summed E-state index contributed by atoms with van der Waals surface area (Å²) in [7, 11) is 3.06. The predicted molar refractivity (Wildman–Crippen MR) is 129 cm³/mol. The number of nitrogens with zero attached hydrogens (tertiary/aromatic N) is 1. The molecule has 0 heterocycles. The summed E-state index contributed by atoms with van der Waals surface area (Å²) < 4.78 is 16.2. The van der Waals surface area contributed by atoms with Crippen molar-refractivity contribution in [3.63, 3.8) is 0 Å². The van der Waals surface area contributed by atoms with E-state index in [2.05, 4.69) is 5.32 Å². The van der Waals surface area contributed by atoms with E-state index < -0.39 is 6.04 Å². The molecule has 0 saturated carbocycles. The van der Waals surface area contributed by atoms with Crippen molar-refractivity contribution in [1.29, 1.82) is 0 Å². The van der Waals surface area contributed by atoms with E-state index in [0.29, 0.717) is 27.3 Å². The third-order valence-electron chi connectivity index (χ3n) is 5.19. The molecule has 0 unspecified atom stereocenters. The molecule has 0 radical (unpaired) electrons. The highest BCUT2D eigenvalue weighted by atomic mass is 35.5. The molecule has 1 N–H and O–H groups in total. The number of hydrogen-bond donors (Lipinski definition) is 1. The van der Waals surface area contributed by atoms with E-state index in [9.17, 15) is 9.59 Å². The van der Waals surface area contributed by atoms with Crippen LogP contribution in [0.3, 0.4) is 0 Å². The van der Waals surface area contributed by atoms with Crippen molar-refractivity contribution in [1.82, 2.24) is 10.2 Å². The number of halogens is 2. The normalized spacial score (nSPS) is 12.5. The Morgan fingerprint density at radius 2 is 1.58 bits per heavy atom. The van der Waals surface area contributed by atoms with Crippen LogP contribution in [0.2, 0.25) is 10.0 Å². The molecular formula is C24H30Cl2N2O5. The topological polar surface area (TPSA) is 77.1 Å². The van der Waals surface area contributed by atoms with Gasteiger partial charge in [0.05, 0.1) is 24.3 Å². The lowest BCUT2D eigenvalue weighted by Crippen LogP contribution is -2.50. The van der Waals surface area contributed by atoms with E-state index in [0.717, 1.165) is 12.0 Å². The van der Waals surface area contributed by atoms with Crippen LogP contribution in [0.5, 0.6) is 17.2 Å². The number of methoxy groups -OCH3 is 2. The summed E-state index contributed by atoms with van der Waals surface area (Å²) >= 11 is 12.2. The number of amides is 2. The third-order valence-corrected chi connectivity index (χ3v) is 5.93. The minimum absolute atomic E-state index is 0.0117. The fourth-order valence-corrected chi connectivity index (χ4v) is 3.30. The van der Waals surface area contributed by atoms with Gasteiger partial charge in [0.2, 0.25) is 5.91 Å². The molecule has 0 aromatic heterocycles. The van der Waals surface area contributed by atoms with Gasteiger partial charge in [0.15, 0.2) is 6.61 Å². The predicted octanol–water partition coefficient (Wildman–Crippen LogP) is 4.72. The molecule has 2 aromatic carbocycles. The van der Waals surface area contributed by atoms with Crippen LogP contribution in [-0.4, -0.2) is 49.6 Å². The number of rotatable bonds is 11. The molecule has 7 nitrogen and oxygen atoms in total. The minimum Gasteiger partial charge on any atom is -0.496 e. The van der Waals surface area contributed by atoms with Crippen LogP contribution >= 0.6 is 23.2 Å². The average molecular weight is 497 g/mol. The van der Waals surface area contributed by atoms with Crippen LogP contribution < -0.4 is 19.5 Å². The van der Waals surface area contributed by atoms with Gasteiger partial charge in [-0.15, -0.1) is 0 Å². The Bertz CT molecular complexity index is 948. The lowest BCUT2D eigenvalue weighted by molar-refractivity contribution is -0.142. The van der Waals surface area contributed by atoms with Crippen molar-refractivity contribution in [2.75, 3.05) is 20.8 Å². The van der Waals surface area contributed by atoms with Crippen molar-refractivity contribution in [2.45, 2.75) is 45.8 Å². The lowest BCUT2D eigenvalue weighted by atomic mass is 10.1. The van der Waals surface area contributed by atoms with Gasteiger partial charge in [-0.05, 0) is 38.0 Å². The maximum absolute atomic E-state index is 13.2. The molecule has 2 atom stereocenters. The van der Waals surface area contributed by atoms with Crippen LogP contribution in [-0.2, 0) is 16.1 Å². The number of benzene rings is 2. The van der Waals surface area contributed by atoms with Gasteiger partial charge >= 0.3 is 0 Å². The quantitative estimate of drug-likeness (QED) is 0.486. The first-order chi connectivity index (χ1) is 15.7. The fraction of sp³-hybridized carbons (Fsp3) is 0.417. The van der Waals surface area contributed by atoms with Crippen molar-refractivity contribution in [2.24, 2.45) is 0 Å². The first-order valence-corrected chi connectivity index (χ1v) is 11.3. The summed E-state index contributed by atoms with van der Waals surface area (Å²) in [5, 5.41) is 3.71. The first-order valence-electron chi connectivity index (χ1n) is 10.6. The molecule has 33 heavy (non-hydrogen) atoms. The summed E-state index contributed by atoms with van der Waals surface area (Å²) in [6, 6.07) is 9.36. The maximum Gasteiger partial charge on any atom is 0.261 e. The van der Waals surface area contributed by atoms with Crippen molar-refractivity contribution in [3.05, 3.63) is 52.0 Å². The Labute approximate surface area is 204 Å². The number of carbonyl (C=O) groups excluding carboxylic acids is 2. The second-order valence-electron chi connectivity index (χ2n) is 7.60. The SMILES string of the molecule is CC[C@@H](C)NC(=O)[C@H](C)N(Cc1ccc(Cl)c(Cl)c1)C(=O)COc1cc(OC)cc(OC)c1. The van der Waals surface area contributed by atoms with Crippen LogP contribution in [0.25, 0.3) is 0 Å². The Morgan fingerprint density at radius 1 is 0.970 bits per heavy atom. The van der Waals surface area contributed by atoms with Gasteiger partial charge < -0.3 is 24.4 Å². The minimum atomic E-state index is -0.732. The Balaban J connectivity index is 2.22. The fourth-order valence-electron chi connectivity index (χ4n) is 2.98. The molecule has 0 fully saturated rings. The van der Waals surface area contributed by atoms with Crippen LogP contribution in [0.4, 0.5) is 0 Å². The van der Waals surface area contributed by atoms with E-state index in [1.807, 2.05) is 13.8 Å². The molecule has 9 heteroatoms. The highest BCUT2D eigenvalue weighted by Gasteiger charge is 2.27. The molecule has 2 amide bonds. The first kappa shape index (κ1) is 26.6. The van der Waals surface area contributed by atoms with Gasteiger partial charge in [-0.1, -0.05) is 36.2 Å². The summed E-state index contributed by atoms with van der Waals surface area (Å²) in [6.07, 6.45) is 0.778. The van der Waals surface area contributed by atoms with Crippen LogP contribution in [0.1, 0.15) is 32.8 Å². The van der Waals surface area contributed by atoms with Gasteiger partial charge in [-0.2, -0.15) is 0 Å². The van der Waals surface area contributed by atoms with Crippen LogP contribution in [0, 0.1) is 0 Å². The van der Waals surface area contributed by atoms with Crippen molar-refractivity contribution < 1.29 is 23.8 Å². The molecule has 0 aliphatic carbocycles. The molecule has 0 saturated heterocycles. The third kappa shape index (κ3) is 7.72. The van der Waals surface area contributed by atoms with Gasteiger partial charge in [0.1, 0.15) is 23.3 Å². The highest BCUT2D eigenvalue weighted by molar-refractivity contribution is 6.42. The summed E-state index contributed by atoms with van der Waals surface area (Å²) in [4.78, 5) is 27.4. The number of nitrogens with one attached hydrogen (secondary N) is 1. The van der Waals surface area contributed by atoms with E-state index in [1.54, 1.807) is 43.3 Å². The standard InChI is InChI=1S/C24H30Cl2N2O5/c1-6-15(2)27-24(30)16(3)28(13-17-7-8-21(25)22(26)9-17)23(29)14-33-20-11-18(31-4)10-19(12-20)32-5/h7-12,15-16H,6,13-14H2,1-5H3,(H,27,30)/t15-,16+/m1/s1. The molecule has 0 bridgehead atoms. The largest absolute Gasteiger partial charge is 0.496 e. The lowest BCUT2D eigenvalue weighted by Gasteiger charge is -2.29. The van der Waals surface area contributed by atoms with Crippen molar-refractivity contribution >= 4 is 35.0 Å². The second-order valence-corrected chi connectivity index (χ2v) is 8.42. The van der Waals surface area contributed by atoms with Crippen LogP contribution in [0.15, 0.2) is 36.4 Å². The molecule has 180 valence electrons. The smallest absolute Gasteiger partial charge is 0.261 e. The zero-order chi connectivity index (χ0) is 24.5. The Kier molecular flexibility index (Phi) is 10.1. The number of hydrogen-bond acceptors (Lipinski definition) is 5. The summed E-state index contributed by atoms with van der Waals surface area (Å²) in [5.74, 6) is 0.859. The molecule has 2 rings (SSSR count). The average Bonchev–Trinajstić information content (AvgIpc) is 2.82. The van der Waals surface area contributed by atoms with E-state index in [1.165, 1.54) is 19.1 Å².